The highest BCUT2D eigenvalue weighted by Crippen LogP contribution is 2.30. The van der Waals surface area contributed by atoms with Gasteiger partial charge in [-0.2, -0.15) is 0 Å². The maximum absolute atomic E-state index is 12.2. The summed E-state index contributed by atoms with van der Waals surface area (Å²) >= 11 is 5.24. The zero-order valence-corrected chi connectivity index (χ0v) is 14.5. The fourth-order valence-corrected chi connectivity index (χ4v) is 3.14. The molecule has 1 heterocycles. The SMILES string of the molecule is COC(=O)C1=C(C)NC(=S)N[C@@H]1c1ccc2cc(OC)ccc2c1. The van der Waals surface area contributed by atoms with Crippen LogP contribution in [0, 0.1) is 0 Å². The molecule has 6 heteroatoms. The highest BCUT2D eigenvalue weighted by atomic mass is 32.1. The predicted molar refractivity (Wildman–Crippen MR) is 96.8 cm³/mol. The van der Waals surface area contributed by atoms with E-state index < -0.39 is 0 Å². The summed E-state index contributed by atoms with van der Waals surface area (Å²) in [4.78, 5) is 12.2. The number of methoxy groups -OCH3 is 2. The Morgan fingerprint density at radius 2 is 1.83 bits per heavy atom. The first-order valence-corrected chi connectivity index (χ1v) is 7.88. The van der Waals surface area contributed by atoms with Crippen molar-refractivity contribution in [2.75, 3.05) is 14.2 Å². The fourth-order valence-electron chi connectivity index (χ4n) is 2.87. The molecule has 0 bridgehead atoms. The van der Waals surface area contributed by atoms with Gasteiger partial charge < -0.3 is 20.1 Å². The lowest BCUT2D eigenvalue weighted by atomic mass is 9.94. The van der Waals surface area contributed by atoms with Crippen LogP contribution in [0.25, 0.3) is 10.8 Å². The molecular weight excluding hydrogens is 324 g/mol. The third kappa shape index (κ3) is 2.92. The van der Waals surface area contributed by atoms with Gasteiger partial charge in [0.1, 0.15) is 5.75 Å². The molecule has 0 spiro atoms. The van der Waals surface area contributed by atoms with Crippen LogP contribution in [0.4, 0.5) is 0 Å². The van der Waals surface area contributed by atoms with Gasteiger partial charge in [0, 0.05) is 5.70 Å². The minimum atomic E-state index is -0.380. The van der Waals surface area contributed by atoms with Gasteiger partial charge in [-0.05, 0) is 53.7 Å². The summed E-state index contributed by atoms with van der Waals surface area (Å²) in [5.41, 5.74) is 2.17. The van der Waals surface area contributed by atoms with Crippen LogP contribution in [-0.2, 0) is 9.53 Å². The third-order valence-corrected chi connectivity index (χ3v) is 4.30. The molecule has 2 N–H and O–H groups in total. The van der Waals surface area contributed by atoms with Gasteiger partial charge in [0.05, 0.1) is 25.8 Å². The van der Waals surface area contributed by atoms with Gasteiger partial charge in [-0.25, -0.2) is 4.79 Å². The van der Waals surface area contributed by atoms with E-state index in [0.717, 1.165) is 22.1 Å². The Hall–Kier alpha value is -2.60. The van der Waals surface area contributed by atoms with E-state index in [1.807, 2.05) is 43.3 Å². The van der Waals surface area contributed by atoms with Gasteiger partial charge in [-0.1, -0.05) is 18.2 Å². The first-order chi connectivity index (χ1) is 11.5. The second kappa shape index (κ2) is 6.49. The number of fused-ring (bicyclic) bond motifs is 1. The van der Waals surface area contributed by atoms with Crippen molar-refractivity contribution in [3.05, 3.63) is 53.2 Å². The molecule has 0 saturated heterocycles. The highest BCUT2D eigenvalue weighted by molar-refractivity contribution is 7.80. The van der Waals surface area contributed by atoms with Gasteiger partial charge in [0.2, 0.25) is 0 Å². The first-order valence-electron chi connectivity index (χ1n) is 7.48. The average Bonchev–Trinajstić information content (AvgIpc) is 2.59. The van der Waals surface area contributed by atoms with Crippen LogP contribution in [0.1, 0.15) is 18.5 Å². The molecule has 1 aliphatic rings. The summed E-state index contributed by atoms with van der Waals surface area (Å²) in [6.07, 6.45) is 0. The largest absolute Gasteiger partial charge is 0.497 e. The molecule has 3 rings (SSSR count). The molecule has 0 aliphatic carbocycles. The molecule has 0 aromatic heterocycles. The number of allylic oxidation sites excluding steroid dienone is 1. The van der Waals surface area contributed by atoms with E-state index in [9.17, 15) is 4.79 Å². The van der Waals surface area contributed by atoms with E-state index in [1.54, 1.807) is 7.11 Å². The molecule has 124 valence electrons. The molecule has 1 aliphatic heterocycles. The van der Waals surface area contributed by atoms with E-state index in [-0.39, 0.29) is 12.0 Å². The minimum Gasteiger partial charge on any atom is -0.497 e. The predicted octanol–water partition coefficient (Wildman–Crippen LogP) is 2.81. The van der Waals surface area contributed by atoms with E-state index in [1.165, 1.54) is 7.11 Å². The number of ether oxygens (including phenoxy) is 2. The number of thiocarbonyl (C=S) groups is 1. The van der Waals surface area contributed by atoms with Crippen molar-refractivity contribution in [1.82, 2.24) is 10.6 Å². The Kier molecular flexibility index (Phi) is 4.40. The molecular formula is C18H18N2O3S. The van der Waals surface area contributed by atoms with Crippen molar-refractivity contribution >= 4 is 34.1 Å². The van der Waals surface area contributed by atoms with Gasteiger partial charge in [0.15, 0.2) is 5.11 Å². The number of carbonyl (C=O) groups excluding carboxylic acids is 1. The van der Waals surface area contributed by atoms with Crippen molar-refractivity contribution in [1.29, 1.82) is 0 Å². The summed E-state index contributed by atoms with van der Waals surface area (Å²) in [6.45, 7) is 1.82. The van der Waals surface area contributed by atoms with Gasteiger partial charge in [0.25, 0.3) is 0 Å². The normalized spacial score (nSPS) is 17.3. The number of carbonyl (C=O) groups is 1. The zero-order chi connectivity index (χ0) is 17.3. The monoisotopic (exact) mass is 342 g/mol. The van der Waals surface area contributed by atoms with Crippen molar-refractivity contribution in [2.24, 2.45) is 0 Å². The molecule has 0 radical (unpaired) electrons. The molecule has 24 heavy (non-hydrogen) atoms. The Morgan fingerprint density at radius 3 is 2.54 bits per heavy atom. The van der Waals surface area contributed by atoms with Gasteiger partial charge >= 0.3 is 5.97 Å². The molecule has 1 atom stereocenters. The van der Waals surface area contributed by atoms with E-state index in [4.69, 9.17) is 21.7 Å². The topological polar surface area (TPSA) is 59.6 Å². The lowest BCUT2D eigenvalue weighted by Gasteiger charge is -2.29. The zero-order valence-electron chi connectivity index (χ0n) is 13.7. The van der Waals surface area contributed by atoms with Crippen molar-refractivity contribution in [3.8, 4) is 5.75 Å². The summed E-state index contributed by atoms with van der Waals surface area (Å²) in [6, 6.07) is 11.5. The van der Waals surface area contributed by atoms with E-state index in [2.05, 4.69) is 10.6 Å². The summed E-state index contributed by atoms with van der Waals surface area (Å²) < 4.78 is 10.2. The second-order valence-electron chi connectivity index (χ2n) is 5.53. The Labute approximate surface area is 145 Å². The van der Waals surface area contributed by atoms with Gasteiger partial charge in [-0.15, -0.1) is 0 Å². The Morgan fingerprint density at radius 1 is 1.12 bits per heavy atom. The standard InChI is InChI=1S/C18H18N2O3S/c1-10-15(17(21)23-3)16(20-18(24)19-10)13-5-4-12-9-14(22-2)7-6-11(12)8-13/h4-9,16H,1-3H3,(H2,19,20,24)/t16-/m1/s1. The lowest BCUT2D eigenvalue weighted by molar-refractivity contribution is -0.136. The van der Waals surface area contributed by atoms with E-state index >= 15 is 0 Å². The number of nitrogens with one attached hydrogen (secondary N) is 2. The maximum Gasteiger partial charge on any atom is 0.337 e. The molecule has 0 unspecified atom stereocenters. The quantitative estimate of drug-likeness (QED) is 0.661. The van der Waals surface area contributed by atoms with Crippen LogP contribution < -0.4 is 15.4 Å². The molecule has 0 fully saturated rings. The first kappa shape index (κ1) is 16.3. The summed E-state index contributed by atoms with van der Waals surface area (Å²) in [7, 11) is 3.02. The van der Waals surface area contributed by atoms with Crippen LogP contribution in [0.3, 0.4) is 0 Å². The molecule has 2 aromatic carbocycles. The molecule has 0 saturated carbocycles. The number of benzene rings is 2. The molecule has 5 nitrogen and oxygen atoms in total. The molecule has 2 aromatic rings. The third-order valence-electron chi connectivity index (χ3n) is 4.08. The van der Waals surface area contributed by atoms with Crippen LogP contribution in [0.2, 0.25) is 0 Å². The minimum absolute atomic E-state index is 0.349. The maximum atomic E-state index is 12.2. The Bertz CT molecular complexity index is 860. The number of hydrogen-bond donors (Lipinski definition) is 2. The number of esters is 1. The second-order valence-corrected chi connectivity index (χ2v) is 5.94. The average molecular weight is 342 g/mol. The Balaban J connectivity index is 2.08. The van der Waals surface area contributed by atoms with Crippen LogP contribution >= 0.6 is 12.2 Å². The molecule has 0 amide bonds. The van der Waals surface area contributed by atoms with Gasteiger partial charge in [-0.3, -0.25) is 0 Å². The number of hydrogen-bond acceptors (Lipinski definition) is 4. The van der Waals surface area contributed by atoms with Crippen LogP contribution in [-0.4, -0.2) is 25.3 Å². The van der Waals surface area contributed by atoms with Crippen LogP contribution in [0.15, 0.2) is 47.7 Å². The van der Waals surface area contributed by atoms with Crippen LogP contribution in [0.5, 0.6) is 5.75 Å². The highest BCUT2D eigenvalue weighted by Gasteiger charge is 2.30. The summed E-state index contributed by atoms with van der Waals surface area (Å²) in [5.74, 6) is 0.428. The van der Waals surface area contributed by atoms with E-state index in [0.29, 0.717) is 16.4 Å². The lowest BCUT2D eigenvalue weighted by Crippen LogP contribution is -2.45. The summed E-state index contributed by atoms with van der Waals surface area (Å²) in [5, 5.41) is 8.74. The smallest absolute Gasteiger partial charge is 0.337 e. The van der Waals surface area contributed by atoms with Crippen molar-refractivity contribution < 1.29 is 14.3 Å². The fraction of sp³-hybridized carbons (Fsp3) is 0.222. The van der Waals surface area contributed by atoms with Crippen molar-refractivity contribution in [2.45, 2.75) is 13.0 Å². The number of rotatable bonds is 3. The van der Waals surface area contributed by atoms with Crippen molar-refractivity contribution in [3.63, 3.8) is 0 Å².